The van der Waals surface area contributed by atoms with Crippen molar-refractivity contribution in [3.05, 3.63) is 122 Å². The predicted octanol–water partition coefficient (Wildman–Crippen LogP) is 15.4. The Morgan fingerprint density at radius 3 is 1.10 bits per heavy atom. The van der Waals surface area contributed by atoms with Crippen LogP contribution in [-0.4, -0.2) is 37.2 Å². The third-order valence-electron chi connectivity index (χ3n) is 9.24. The molecule has 60 heavy (non-hydrogen) atoms. The van der Waals surface area contributed by atoms with Crippen LogP contribution in [0, 0.1) is 0 Å². The Bertz CT molecular complexity index is 1320. The number of rotatable bonds is 40. The van der Waals surface area contributed by atoms with E-state index in [0.29, 0.717) is 19.3 Å². The van der Waals surface area contributed by atoms with Gasteiger partial charge in [-0.1, -0.05) is 200 Å². The third kappa shape index (κ3) is 44.9. The van der Waals surface area contributed by atoms with E-state index < -0.39 is 12.1 Å². The Labute approximate surface area is 367 Å². The van der Waals surface area contributed by atoms with Gasteiger partial charge in [-0.2, -0.15) is 0 Å². The lowest BCUT2D eigenvalue weighted by Gasteiger charge is -2.18. The third-order valence-corrected chi connectivity index (χ3v) is 9.24. The van der Waals surface area contributed by atoms with Gasteiger partial charge in [-0.3, -0.25) is 14.4 Å². The van der Waals surface area contributed by atoms with Crippen LogP contribution in [0.5, 0.6) is 0 Å². The SMILES string of the molecule is CC/C=C\C/C=C\C/C=C\C/C=C\C/C=C\CCCC(=O)OCC(COC(=O)CCCCCCCCCCCC)OC(=O)C/C=C\C/C=C\C/C=C\C/C=C\C/C=C\CC. The van der Waals surface area contributed by atoms with Gasteiger partial charge in [0.05, 0.1) is 6.42 Å². The Kier molecular flexibility index (Phi) is 44.2. The second kappa shape index (κ2) is 47.5. The van der Waals surface area contributed by atoms with Crippen LogP contribution >= 0.6 is 0 Å². The van der Waals surface area contributed by atoms with Gasteiger partial charge >= 0.3 is 17.9 Å². The van der Waals surface area contributed by atoms with Gasteiger partial charge in [-0.25, -0.2) is 0 Å². The minimum Gasteiger partial charge on any atom is -0.462 e. The number of allylic oxidation sites excluding steroid dienone is 19. The lowest BCUT2D eigenvalue weighted by molar-refractivity contribution is -0.166. The fraction of sp³-hybridized carbons (Fsp3) is 0.574. The van der Waals surface area contributed by atoms with Gasteiger partial charge in [0.2, 0.25) is 0 Å². The van der Waals surface area contributed by atoms with Gasteiger partial charge in [0.1, 0.15) is 13.2 Å². The standard InChI is InChI=1S/C54H84O6/c1-4-7-10-13-16-19-22-24-26-27-29-30-32-35-38-41-44-47-53(56)59-50-51(49-58-52(55)46-43-40-37-34-21-18-15-12-9-6-3)60-54(57)48-45-42-39-36-33-31-28-25-23-20-17-14-11-8-5-2/h7-8,10-11,16-17,19-20,24-26,28-30,33,35-36,38,42,45,51H,4-6,9,12-15,18,21-23,27,31-32,34,37,39-41,43-44,46-50H2,1-3H3/b10-7-,11-8-,19-16-,20-17-,26-24-,28-25-,30-29-,36-33-,38-35-,45-42-. The number of hydrogen-bond acceptors (Lipinski definition) is 6. The molecule has 0 N–H and O–H groups in total. The summed E-state index contributed by atoms with van der Waals surface area (Å²) in [6, 6.07) is 0. The molecular formula is C54H84O6. The maximum Gasteiger partial charge on any atom is 0.310 e. The quantitative estimate of drug-likeness (QED) is 0.0265. The number of ether oxygens (including phenoxy) is 3. The summed E-state index contributed by atoms with van der Waals surface area (Å²) < 4.78 is 16.6. The zero-order valence-corrected chi connectivity index (χ0v) is 38.2. The van der Waals surface area contributed by atoms with Crippen LogP contribution in [0.3, 0.4) is 0 Å². The van der Waals surface area contributed by atoms with Crippen molar-refractivity contribution in [1.29, 1.82) is 0 Å². The number of esters is 3. The molecule has 6 nitrogen and oxygen atoms in total. The number of unbranched alkanes of at least 4 members (excludes halogenated alkanes) is 10. The van der Waals surface area contributed by atoms with E-state index in [1.54, 1.807) is 6.08 Å². The van der Waals surface area contributed by atoms with Crippen molar-refractivity contribution in [2.75, 3.05) is 13.2 Å². The molecule has 0 radical (unpaired) electrons. The van der Waals surface area contributed by atoms with Crippen molar-refractivity contribution < 1.29 is 28.6 Å². The van der Waals surface area contributed by atoms with Crippen LogP contribution in [0.15, 0.2) is 122 Å². The van der Waals surface area contributed by atoms with Crippen molar-refractivity contribution in [2.24, 2.45) is 0 Å². The van der Waals surface area contributed by atoms with Gasteiger partial charge in [0, 0.05) is 12.8 Å². The predicted molar refractivity (Wildman–Crippen MR) is 256 cm³/mol. The summed E-state index contributed by atoms with van der Waals surface area (Å²) in [6.07, 6.45) is 65.0. The summed E-state index contributed by atoms with van der Waals surface area (Å²) >= 11 is 0. The molecule has 1 atom stereocenters. The topological polar surface area (TPSA) is 78.9 Å². The number of carbonyl (C=O) groups is 3. The van der Waals surface area contributed by atoms with Gasteiger partial charge in [-0.15, -0.1) is 0 Å². The first-order chi connectivity index (χ1) is 29.5. The van der Waals surface area contributed by atoms with Gasteiger partial charge < -0.3 is 14.2 Å². The van der Waals surface area contributed by atoms with Crippen LogP contribution in [0.1, 0.15) is 181 Å². The Hall–Kier alpha value is -4.19. The Morgan fingerprint density at radius 1 is 0.367 bits per heavy atom. The molecule has 1 unspecified atom stereocenters. The molecule has 0 aliphatic heterocycles. The summed E-state index contributed by atoms with van der Waals surface area (Å²) in [5.41, 5.74) is 0. The van der Waals surface area contributed by atoms with Crippen LogP contribution in [0.2, 0.25) is 0 Å². The highest BCUT2D eigenvalue weighted by Gasteiger charge is 2.19. The summed E-state index contributed by atoms with van der Waals surface area (Å²) in [6.45, 7) is 6.23. The minimum absolute atomic E-state index is 0.0811. The molecule has 0 aromatic rings. The highest BCUT2D eigenvalue weighted by molar-refractivity contribution is 5.72. The average molecular weight is 829 g/mol. The normalized spacial score (nSPS) is 13.2. The maximum atomic E-state index is 12.7. The molecule has 0 saturated carbocycles. The Balaban J connectivity index is 4.62. The van der Waals surface area contributed by atoms with Crippen molar-refractivity contribution >= 4 is 17.9 Å². The molecule has 0 aromatic carbocycles. The molecule has 0 aliphatic rings. The van der Waals surface area contributed by atoms with Crippen LogP contribution in [0.25, 0.3) is 0 Å². The van der Waals surface area contributed by atoms with E-state index in [2.05, 4.69) is 130 Å². The van der Waals surface area contributed by atoms with Gasteiger partial charge in [0.15, 0.2) is 6.10 Å². The van der Waals surface area contributed by atoms with E-state index in [1.807, 2.05) is 6.08 Å². The molecule has 0 bridgehead atoms. The molecule has 0 heterocycles. The molecule has 336 valence electrons. The number of carbonyl (C=O) groups excluding carboxylic acids is 3. The summed E-state index contributed by atoms with van der Waals surface area (Å²) in [5.74, 6) is -1.14. The average Bonchev–Trinajstić information content (AvgIpc) is 3.24. The largest absolute Gasteiger partial charge is 0.462 e. The zero-order chi connectivity index (χ0) is 43.7. The second-order valence-corrected chi connectivity index (χ2v) is 14.9. The molecule has 0 spiro atoms. The first-order valence-electron chi connectivity index (χ1n) is 23.5. The molecule has 6 heteroatoms. The van der Waals surface area contributed by atoms with Crippen LogP contribution in [-0.2, 0) is 28.6 Å². The monoisotopic (exact) mass is 829 g/mol. The van der Waals surface area contributed by atoms with Gasteiger partial charge in [0.25, 0.3) is 0 Å². The van der Waals surface area contributed by atoms with E-state index in [0.717, 1.165) is 83.5 Å². The van der Waals surface area contributed by atoms with Crippen molar-refractivity contribution in [1.82, 2.24) is 0 Å². The first kappa shape index (κ1) is 55.8. The van der Waals surface area contributed by atoms with Crippen molar-refractivity contribution in [3.8, 4) is 0 Å². The molecule has 0 aliphatic carbocycles. The van der Waals surface area contributed by atoms with E-state index in [-0.39, 0.29) is 38.0 Å². The minimum atomic E-state index is -0.855. The summed E-state index contributed by atoms with van der Waals surface area (Å²) in [4.78, 5) is 37.7. The van der Waals surface area contributed by atoms with E-state index in [4.69, 9.17) is 14.2 Å². The van der Waals surface area contributed by atoms with Crippen molar-refractivity contribution in [3.63, 3.8) is 0 Å². The highest BCUT2D eigenvalue weighted by Crippen LogP contribution is 2.12. The second-order valence-electron chi connectivity index (χ2n) is 14.9. The smallest absolute Gasteiger partial charge is 0.310 e. The maximum absolute atomic E-state index is 12.7. The van der Waals surface area contributed by atoms with Crippen molar-refractivity contribution in [2.45, 2.75) is 187 Å². The van der Waals surface area contributed by atoms with Gasteiger partial charge in [-0.05, 0) is 83.5 Å². The molecule has 0 rings (SSSR count). The summed E-state index contributed by atoms with van der Waals surface area (Å²) in [5, 5.41) is 0. The van der Waals surface area contributed by atoms with E-state index in [9.17, 15) is 14.4 Å². The lowest BCUT2D eigenvalue weighted by Crippen LogP contribution is -2.30. The van der Waals surface area contributed by atoms with Crippen LogP contribution < -0.4 is 0 Å². The lowest BCUT2D eigenvalue weighted by atomic mass is 10.1. The van der Waals surface area contributed by atoms with Crippen LogP contribution in [0.4, 0.5) is 0 Å². The first-order valence-corrected chi connectivity index (χ1v) is 23.5. The fourth-order valence-electron chi connectivity index (χ4n) is 5.79. The number of hydrogen-bond donors (Lipinski definition) is 0. The fourth-order valence-corrected chi connectivity index (χ4v) is 5.79. The molecule has 0 amide bonds. The molecule has 0 fully saturated rings. The van der Waals surface area contributed by atoms with E-state index >= 15 is 0 Å². The molecular weight excluding hydrogens is 745 g/mol. The highest BCUT2D eigenvalue weighted by atomic mass is 16.6. The zero-order valence-electron chi connectivity index (χ0n) is 38.2. The Morgan fingerprint density at radius 2 is 0.700 bits per heavy atom. The van der Waals surface area contributed by atoms with E-state index in [1.165, 1.54) is 44.9 Å². The summed E-state index contributed by atoms with van der Waals surface area (Å²) in [7, 11) is 0. The molecule has 0 aromatic heterocycles. The molecule has 0 saturated heterocycles.